The van der Waals surface area contributed by atoms with Crippen molar-refractivity contribution in [3.63, 3.8) is 0 Å². The van der Waals surface area contributed by atoms with Crippen molar-refractivity contribution in [2.75, 3.05) is 23.6 Å². The Morgan fingerprint density at radius 3 is 2.77 bits per heavy atom. The van der Waals surface area contributed by atoms with Gasteiger partial charge in [-0.25, -0.2) is 4.39 Å². The van der Waals surface area contributed by atoms with Gasteiger partial charge < -0.3 is 19.7 Å². The molecule has 0 saturated carbocycles. The summed E-state index contributed by atoms with van der Waals surface area (Å²) in [5.74, 6) is -0.188. The van der Waals surface area contributed by atoms with Crippen LogP contribution in [0.2, 0.25) is 0 Å². The minimum Gasteiger partial charge on any atom is -0.454 e. The maximum absolute atomic E-state index is 14.3. The number of nitrogens with one attached hydrogen (secondary N) is 1. The third-order valence-corrected chi connectivity index (χ3v) is 5.24. The zero-order valence-electron chi connectivity index (χ0n) is 16.4. The van der Waals surface area contributed by atoms with Crippen LogP contribution in [0, 0.1) is 18.7 Å². The van der Waals surface area contributed by atoms with Crippen molar-refractivity contribution >= 4 is 23.2 Å². The third kappa shape index (κ3) is 3.43. The van der Waals surface area contributed by atoms with Gasteiger partial charge in [0.2, 0.25) is 18.6 Å². The fourth-order valence-electron chi connectivity index (χ4n) is 3.63. The number of aromatic nitrogens is 4. The van der Waals surface area contributed by atoms with E-state index in [2.05, 4.69) is 20.8 Å². The molecule has 10 nitrogen and oxygen atoms in total. The molecule has 11 heteroatoms. The Hall–Kier alpha value is -4.02. The van der Waals surface area contributed by atoms with Gasteiger partial charge in [0.1, 0.15) is 5.82 Å². The number of hydrogen-bond donors (Lipinski definition) is 1. The molecule has 0 radical (unpaired) electrons. The summed E-state index contributed by atoms with van der Waals surface area (Å²) in [6, 6.07) is 9.35. The van der Waals surface area contributed by atoms with Crippen molar-refractivity contribution in [3.05, 3.63) is 48.0 Å². The highest BCUT2D eigenvalue weighted by molar-refractivity contribution is 6.03. The molecule has 2 amide bonds. The minimum atomic E-state index is -0.629. The zero-order chi connectivity index (χ0) is 21.5. The van der Waals surface area contributed by atoms with E-state index in [0.29, 0.717) is 28.7 Å². The van der Waals surface area contributed by atoms with Gasteiger partial charge in [0.05, 0.1) is 17.3 Å². The summed E-state index contributed by atoms with van der Waals surface area (Å²) < 4.78 is 26.4. The Bertz CT molecular complexity index is 1200. The van der Waals surface area contributed by atoms with Crippen LogP contribution in [0.25, 0.3) is 5.69 Å². The first-order valence-electron chi connectivity index (χ1n) is 9.55. The van der Waals surface area contributed by atoms with E-state index in [-0.39, 0.29) is 31.4 Å². The molecule has 1 N–H and O–H groups in total. The van der Waals surface area contributed by atoms with Crippen LogP contribution in [0.5, 0.6) is 11.5 Å². The summed E-state index contributed by atoms with van der Waals surface area (Å²) in [5.41, 5.74) is 1.11. The first-order valence-corrected chi connectivity index (χ1v) is 9.55. The predicted molar refractivity (Wildman–Crippen MR) is 106 cm³/mol. The Morgan fingerprint density at radius 2 is 1.97 bits per heavy atom. The van der Waals surface area contributed by atoms with E-state index in [1.54, 1.807) is 25.1 Å². The molecule has 3 aromatic rings. The quantitative estimate of drug-likeness (QED) is 0.680. The molecule has 1 saturated heterocycles. The molecule has 1 fully saturated rings. The Morgan fingerprint density at radius 1 is 1.16 bits per heavy atom. The summed E-state index contributed by atoms with van der Waals surface area (Å²) >= 11 is 0. The number of hydrogen-bond acceptors (Lipinski definition) is 7. The number of rotatable bonds is 4. The van der Waals surface area contributed by atoms with E-state index in [1.807, 2.05) is 0 Å². The van der Waals surface area contributed by atoms with Gasteiger partial charge in [0.25, 0.3) is 0 Å². The molecule has 158 valence electrons. The third-order valence-electron chi connectivity index (χ3n) is 5.24. The molecule has 31 heavy (non-hydrogen) atoms. The maximum Gasteiger partial charge on any atom is 0.231 e. The maximum atomic E-state index is 14.3. The van der Waals surface area contributed by atoms with Crippen molar-refractivity contribution in [3.8, 4) is 17.2 Å². The highest BCUT2D eigenvalue weighted by Gasteiger charge is 2.36. The molecular formula is C20H17FN6O4. The average Bonchev–Trinajstić information content (AvgIpc) is 3.48. The van der Waals surface area contributed by atoms with E-state index in [1.165, 1.54) is 27.8 Å². The number of anilines is 2. The van der Waals surface area contributed by atoms with E-state index in [9.17, 15) is 14.0 Å². The van der Waals surface area contributed by atoms with Gasteiger partial charge in [-0.05, 0) is 47.7 Å². The molecule has 5 rings (SSSR count). The lowest BCUT2D eigenvalue weighted by molar-refractivity contribution is -0.122. The SMILES string of the molecule is Cc1nnnn1-c1ccc(F)c(NC(=O)C2CC(=O)N(c3ccc4c(c3)OCO4)C2)c1. The number of aryl methyl sites for hydroxylation is 1. The van der Waals surface area contributed by atoms with Crippen molar-refractivity contribution in [1.82, 2.24) is 20.2 Å². The molecule has 2 aliphatic rings. The molecule has 1 aromatic heterocycles. The van der Waals surface area contributed by atoms with Crippen molar-refractivity contribution < 1.29 is 23.5 Å². The number of carbonyl (C=O) groups is 2. The molecule has 3 heterocycles. The number of fused-ring (bicyclic) bond motifs is 1. The molecule has 2 aromatic carbocycles. The second kappa shape index (κ2) is 7.35. The smallest absolute Gasteiger partial charge is 0.231 e. The van der Waals surface area contributed by atoms with Gasteiger partial charge in [0.15, 0.2) is 17.3 Å². The summed E-state index contributed by atoms with van der Waals surface area (Å²) in [4.78, 5) is 26.8. The van der Waals surface area contributed by atoms with Gasteiger partial charge >= 0.3 is 0 Å². The van der Waals surface area contributed by atoms with Gasteiger partial charge in [-0.1, -0.05) is 0 Å². The molecule has 0 aliphatic carbocycles. The van der Waals surface area contributed by atoms with Crippen molar-refractivity contribution in [1.29, 1.82) is 0 Å². The molecule has 0 spiro atoms. The van der Waals surface area contributed by atoms with Crippen LogP contribution in [0.15, 0.2) is 36.4 Å². The Kier molecular flexibility index (Phi) is 4.50. The van der Waals surface area contributed by atoms with Crippen LogP contribution < -0.4 is 19.7 Å². The van der Waals surface area contributed by atoms with Crippen LogP contribution in [-0.2, 0) is 9.59 Å². The van der Waals surface area contributed by atoms with Gasteiger partial charge in [-0.2, -0.15) is 4.68 Å². The topological polar surface area (TPSA) is 111 Å². The highest BCUT2D eigenvalue weighted by atomic mass is 19.1. The largest absolute Gasteiger partial charge is 0.454 e. The standard InChI is InChI=1S/C20H17FN6O4/c1-11-23-24-25-27(11)14-2-4-15(21)16(7-14)22-20(29)12-6-19(28)26(9-12)13-3-5-17-18(8-13)31-10-30-17/h2-5,7-8,12H,6,9-10H2,1H3,(H,22,29). The van der Waals surface area contributed by atoms with Gasteiger partial charge in [-0.15, -0.1) is 5.10 Å². The number of amides is 2. The molecular weight excluding hydrogens is 407 g/mol. The minimum absolute atomic E-state index is 0.00798. The number of ether oxygens (including phenoxy) is 2. The first kappa shape index (κ1) is 19.0. The molecule has 0 bridgehead atoms. The second-order valence-electron chi connectivity index (χ2n) is 7.23. The number of nitrogens with zero attached hydrogens (tertiary/aromatic N) is 5. The molecule has 2 aliphatic heterocycles. The van der Waals surface area contributed by atoms with E-state index in [0.717, 1.165) is 0 Å². The predicted octanol–water partition coefficient (Wildman–Crippen LogP) is 1.83. The lowest BCUT2D eigenvalue weighted by Gasteiger charge is -2.17. The van der Waals surface area contributed by atoms with Gasteiger partial charge in [-0.3, -0.25) is 9.59 Å². The van der Waals surface area contributed by atoms with Crippen LogP contribution in [0.1, 0.15) is 12.2 Å². The highest BCUT2D eigenvalue weighted by Crippen LogP contribution is 2.37. The summed E-state index contributed by atoms with van der Waals surface area (Å²) in [7, 11) is 0. The first-order chi connectivity index (χ1) is 15.0. The summed E-state index contributed by atoms with van der Waals surface area (Å²) in [6.07, 6.45) is 0.0215. The summed E-state index contributed by atoms with van der Waals surface area (Å²) in [6.45, 7) is 2.01. The second-order valence-corrected chi connectivity index (χ2v) is 7.23. The Labute approximate surface area is 175 Å². The van der Waals surface area contributed by atoms with Crippen molar-refractivity contribution in [2.45, 2.75) is 13.3 Å². The fraction of sp³-hybridized carbons (Fsp3) is 0.250. The van der Waals surface area contributed by atoms with Crippen molar-refractivity contribution in [2.24, 2.45) is 5.92 Å². The van der Waals surface area contributed by atoms with Crippen LogP contribution in [0.3, 0.4) is 0 Å². The fourth-order valence-corrected chi connectivity index (χ4v) is 3.63. The number of carbonyl (C=O) groups excluding carboxylic acids is 2. The zero-order valence-corrected chi connectivity index (χ0v) is 16.4. The Balaban J connectivity index is 1.32. The van der Waals surface area contributed by atoms with Crippen LogP contribution in [-0.4, -0.2) is 45.4 Å². The number of benzene rings is 2. The number of halogens is 1. The summed E-state index contributed by atoms with van der Waals surface area (Å²) in [5, 5.41) is 13.8. The van der Waals surface area contributed by atoms with Crippen LogP contribution >= 0.6 is 0 Å². The normalized spacial score (nSPS) is 17.3. The van der Waals surface area contributed by atoms with E-state index >= 15 is 0 Å². The van der Waals surface area contributed by atoms with Crippen LogP contribution in [0.4, 0.5) is 15.8 Å². The van der Waals surface area contributed by atoms with E-state index < -0.39 is 17.6 Å². The lowest BCUT2D eigenvalue weighted by Crippen LogP contribution is -2.28. The van der Waals surface area contributed by atoms with E-state index in [4.69, 9.17) is 9.47 Å². The number of tetrazole rings is 1. The molecule has 1 unspecified atom stereocenters. The molecule has 1 atom stereocenters. The monoisotopic (exact) mass is 424 g/mol. The lowest BCUT2D eigenvalue weighted by atomic mass is 10.1. The van der Waals surface area contributed by atoms with Gasteiger partial charge in [0, 0.05) is 24.7 Å². The average molecular weight is 424 g/mol.